The summed E-state index contributed by atoms with van der Waals surface area (Å²) in [4.78, 5) is 14.7. The topological polar surface area (TPSA) is 153 Å². The Balaban J connectivity index is 2.46. The molecule has 5 atom stereocenters. The number of amides is 2. The van der Waals surface area contributed by atoms with Gasteiger partial charge in [-0.1, -0.05) is 0 Å². The summed E-state index contributed by atoms with van der Waals surface area (Å²) in [5, 5.41) is 33.4. The van der Waals surface area contributed by atoms with E-state index in [1.54, 1.807) is 0 Å². The second-order valence-corrected chi connectivity index (χ2v) is 4.87. The molecule has 0 aliphatic carbocycles. The minimum atomic E-state index is -5.01. The van der Waals surface area contributed by atoms with E-state index in [1.165, 1.54) is 0 Å². The molecule has 1 saturated heterocycles. The number of nitrogens with zero attached hydrogens (tertiary/aromatic N) is 3. The van der Waals surface area contributed by atoms with E-state index in [0.29, 0.717) is 4.90 Å². The van der Waals surface area contributed by atoms with Crippen molar-refractivity contribution in [3.05, 3.63) is 12.3 Å². The van der Waals surface area contributed by atoms with Gasteiger partial charge in [-0.05, 0) is 6.08 Å². The quantitative estimate of drug-likeness (QED) is 0.329. The van der Waals surface area contributed by atoms with Crippen molar-refractivity contribution >= 4 is 6.03 Å². The summed E-state index contributed by atoms with van der Waals surface area (Å²) in [5.74, 6) is -2.62. The number of hydrogen-bond donors (Lipinski definition) is 5. The third-order valence-corrected chi connectivity index (χ3v) is 3.47. The van der Waals surface area contributed by atoms with Crippen LogP contribution in [0.4, 0.5) is 18.0 Å². The zero-order valence-electron chi connectivity index (χ0n) is 11.3. The van der Waals surface area contributed by atoms with Gasteiger partial charge in [-0.3, -0.25) is 4.90 Å². The summed E-state index contributed by atoms with van der Waals surface area (Å²) in [6, 6.07) is -1.11. The number of carbonyl (C=O) groups excluding carboxylic acids is 1. The number of ether oxygens (including phenoxy) is 1. The van der Waals surface area contributed by atoms with Crippen molar-refractivity contribution in [3.8, 4) is 0 Å². The van der Waals surface area contributed by atoms with E-state index < -0.39 is 49.0 Å². The molecule has 2 aliphatic heterocycles. The fourth-order valence-corrected chi connectivity index (χ4v) is 2.38. The Morgan fingerprint density at radius 3 is 2.65 bits per heavy atom. The van der Waals surface area contributed by atoms with Crippen LogP contribution in [0.2, 0.25) is 0 Å². The monoisotopic (exact) mass is 340 g/mol. The first-order chi connectivity index (χ1) is 10.7. The molecule has 2 aliphatic rings. The van der Waals surface area contributed by atoms with E-state index in [9.17, 15) is 33.3 Å². The maximum atomic E-state index is 13.3. The summed E-state index contributed by atoms with van der Waals surface area (Å²) >= 11 is 0. The van der Waals surface area contributed by atoms with Crippen molar-refractivity contribution < 1.29 is 38.0 Å². The van der Waals surface area contributed by atoms with Crippen LogP contribution in [0.15, 0.2) is 17.4 Å². The van der Waals surface area contributed by atoms with Crippen molar-refractivity contribution in [1.29, 1.82) is 5.53 Å². The number of rotatable bonds is 3. The lowest BCUT2D eigenvalue weighted by Crippen LogP contribution is -2.54. The molecule has 0 bridgehead atoms. The molecule has 13 heteroatoms. The molecule has 0 saturated carbocycles. The van der Waals surface area contributed by atoms with Gasteiger partial charge in [0.05, 0.1) is 0 Å². The number of urea groups is 1. The van der Waals surface area contributed by atoms with Gasteiger partial charge in [0.25, 0.3) is 5.72 Å². The molecule has 128 valence electrons. The van der Waals surface area contributed by atoms with Crippen LogP contribution in [-0.2, 0) is 4.74 Å². The molecule has 5 N–H and O–H groups in total. The molecule has 1 fully saturated rings. The summed E-state index contributed by atoms with van der Waals surface area (Å²) in [7, 11) is 0. The minimum absolute atomic E-state index is 0.463. The highest BCUT2D eigenvalue weighted by Gasteiger charge is 2.68. The Hall–Kier alpha value is -2.05. The van der Waals surface area contributed by atoms with Gasteiger partial charge in [0.2, 0.25) is 4.91 Å². The fourth-order valence-electron chi connectivity index (χ4n) is 2.38. The number of carbonyl (C=O) groups is 1. The van der Waals surface area contributed by atoms with Crippen LogP contribution in [0, 0.1) is 11.4 Å². The highest BCUT2D eigenvalue weighted by atomic mass is 19.4. The molecule has 0 spiro atoms. The Morgan fingerprint density at radius 1 is 1.52 bits per heavy atom. The maximum Gasteiger partial charge on any atom is 0.398 e. The first kappa shape index (κ1) is 17.3. The molecule has 10 nitrogen and oxygen atoms in total. The van der Waals surface area contributed by atoms with Crippen molar-refractivity contribution in [1.82, 2.24) is 15.1 Å². The second-order valence-electron chi connectivity index (χ2n) is 4.87. The average Bonchev–Trinajstić information content (AvgIpc) is 2.72. The smallest absolute Gasteiger partial charge is 0.391 e. The molecule has 0 radical (unpaired) electrons. The van der Waals surface area contributed by atoms with Gasteiger partial charge in [0.15, 0.2) is 11.3 Å². The van der Waals surface area contributed by atoms with E-state index in [0.717, 1.165) is 12.3 Å². The fraction of sp³-hybridized carbons (Fsp3) is 0.700. The Kier molecular flexibility index (Phi) is 4.41. The van der Waals surface area contributed by atoms with Crippen LogP contribution in [0.1, 0.15) is 0 Å². The molecule has 0 aromatic carbocycles. The maximum absolute atomic E-state index is 13.3. The lowest BCUT2D eigenvalue weighted by atomic mass is 9.95. The number of alkyl halides is 3. The number of halogens is 3. The van der Waals surface area contributed by atoms with Crippen molar-refractivity contribution in [2.24, 2.45) is 11.0 Å². The van der Waals surface area contributed by atoms with Gasteiger partial charge >= 0.3 is 12.2 Å². The van der Waals surface area contributed by atoms with Gasteiger partial charge in [0, 0.05) is 6.20 Å². The SMILES string of the molecule is N=[N+]=N[C@]1(CO)O[C@@H](N2C=CC(O)NC2=O)[C@@H](C(F)(F)F)[C@@H]1O. The van der Waals surface area contributed by atoms with Crippen LogP contribution in [0.5, 0.6) is 0 Å². The van der Waals surface area contributed by atoms with Gasteiger partial charge < -0.3 is 25.4 Å². The zero-order valence-corrected chi connectivity index (χ0v) is 11.3. The Labute approximate surface area is 126 Å². The average molecular weight is 340 g/mol. The van der Waals surface area contributed by atoms with E-state index in [1.807, 2.05) is 5.32 Å². The first-order valence-electron chi connectivity index (χ1n) is 6.23. The Bertz CT molecular complexity index is 566. The van der Waals surface area contributed by atoms with Crippen LogP contribution in [0.25, 0.3) is 0 Å². The molecule has 2 heterocycles. The molecule has 1 unspecified atom stereocenters. The molecule has 23 heavy (non-hydrogen) atoms. The van der Waals surface area contributed by atoms with Crippen LogP contribution >= 0.6 is 0 Å². The summed E-state index contributed by atoms with van der Waals surface area (Å²) in [6.45, 7) is -1.19. The summed E-state index contributed by atoms with van der Waals surface area (Å²) in [5.41, 5.74) is 4.09. The van der Waals surface area contributed by atoms with Gasteiger partial charge in [-0.15, -0.1) is 0 Å². The van der Waals surface area contributed by atoms with Crippen LogP contribution in [0.3, 0.4) is 0 Å². The van der Waals surface area contributed by atoms with E-state index in [4.69, 9.17) is 10.3 Å². The molecule has 2 rings (SSSR count). The van der Waals surface area contributed by atoms with Crippen molar-refractivity contribution in [2.45, 2.75) is 30.5 Å². The lowest BCUT2D eigenvalue weighted by molar-refractivity contribution is -0.212. The van der Waals surface area contributed by atoms with Crippen molar-refractivity contribution in [3.63, 3.8) is 0 Å². The number of hydrogen-bond acceptors (Lipinski definition) is 7. The molecular formula is C10H13F3N5O5+. The predicted molar refractivity (Wildman–Crippen MR) is 63.0 cm³/mol. The minimum Gasteiger partial charge on any atom is -0.391 e. The van der Waals surface area contributed by atoms with Gasteiger partial charge in [-0.2, -0.15) is 13.2 Å². The summed E-state index contributed by atoms with van der Waals surface area (Å²) in [6.07, 6.45) is -9.04. The van der Waals surface area contributed by atoms with Crippen molar-refractivity contribution in [2.75, 3.05) is 6.61 Å². The highest BCUT2D eigenvalue weighted by molar-refractivity contribution is 5.77. The zero-order chi connectivity index (χ0) is 17.4. The first-order valence-corrected chi connectivity index (χ1v) is 6.23. The predicted octanol–water partition coefficient (Wildman–Crippen LogP) is -1.02. The van der Waals surface area contributed by atoms with Gasteiger partial charge in [-0.25, -0.2) is 4.79 Å². The third kappa shape index (κ3) is 2.92. The van der Waals surface area contributed by atoms with Crippen LogP contribution in [-0.4, -0.2) is 63.3 Å². The standard InChI is InChI=1S/C10H12F3N5O5/c11-10(12,13)5-6(21)9(3-19,16-17-14)23-7(5)18-2-1-4(20)15-8(18)22/h1-2,4-7,14,19-21H,3H2/p+1/t4?,5-,6-,7+,9+/m0/s1. The van der Waals surface area contributed by atoms with E-state index in [2.05, 4.69) is 10.0 Å². The largest absolute Gasteiger partial charge is 0.398 e. The normalized spacial score (nSPS) is 37.5. The van der Waals surface area contributed by atoms with E-state index in [-0.39, 0.29) is 0 Å². The van der Waals surface area contributed by atoms with Gasteiger partial charge in [0.1, 0.15) is 30.4 Å². The number of aliphatic hydroxyl groups excluding tert-OH is 3. The lowest BCUT2D eigenvalue weighted by Gasteiger charge is -2.33. The second kappa shape index (κ2) is 5.86. The highest BCUT2D eigenvalue weighted by Crippen LogP contribution is 2.46. The molecule has 2 amide bonds. The Morgan fingerprint density at radius 2 is 2.17 bits per heavy atom. The third-order valence-electron chi connectivity index (χ3n) is 3.47. The number of aliphatic hydroxyl groups is 3. The molecule has 0 aromatic rings. The van der Waals surface area contributed by atoms with E-state index >= 15 is 0 Å². The number of nitrogens with one attached hydrogen (secondary N) is 2. The van der Waals surface area contributed by atoms with Crippen LogP contribution < -0.4 is 10.2 Å². The molecule has 0 aromatic heterocycles. The molecular weight excluding hydrogens is 327 g/mol. The summed E-state index contributed by atoms with van der Waals surface area (Å²) < 4.78 is 44.8.